The lowest BCUT2D eigenvalue weighted by molar-refractivity contribution is -0.114. The quantitative estimate of drug-likeness (QED) is 0.460. The average molecular weight is 543 g/mol. The summed E-state index contributed by atoms with van der Waals surface area (Å²) in [6.07, 6.45) is 2.95. The fourth-order valence-electron chi connectivity index (χ4n) is 2.84. The number of benzene rings is 2. The lowest BCUT2D eigenvalue weighted by Gasteiger charge is -2.25. The monoisotopic (exact) mass is 541 g/mol. The third kappa shape index (κ3) is 5.70. The maximum absolute atomic E-state index is 13.5. The topological polar surface area (TPSA) is 97.8 Å². The van der Waals surface area contributed by atoms with Gasteiger partial charge in [-0.25, -0.2) is 8.42 Å². The number of nitrogens with zero attached hydrogens (tertiary/aromatic N) is 2. The number of carbonyl (C=O) groups is 1. The molecule has 0 aliphatic heterocycles. The number of anilines is 2. The molecule has 0 saturated carbocycles. The van der Waals surface area contributed by atoms with E-state index in [-0.39, 0.29) is 23.0 Å². The zero-order valence-corrected chi connectivity index (χ0v) is 20.4. The van der Waals surface area contributed by atoms with Gasteiger partial charge in [0.25, 0.3) is 10.0 Å². The Morgan fingerprint density at radius 1 is 1.03 bits per heavy atom. The zero-order chi connectivity index (χ0) is 22.4. The standard InChI is InChI=1S/C21H20BrN3O5S.ClH/c1-29-19-11-12-23-13-17(19)24-21(26)14-25(18-5-3-4-6-20(18)30-2)31(27,28)16-9-7-15(22)8-10-16;/h3-13H,14H2,1-2H3,(H,24,26);1H. The molecule has 3 aromatic rings. The van der Waals surface area contributed by atoms with Gasteiger partial charge in [-0.05, 0) is 36.4 Å². The van der Waals surface area contributed by atoms with Crippen LogP contribution in [0.5, 0.6) is 11.5 Å². The minimum atomic E-state index is -4.08. The molecule has 1 heterocycles. The summed E-state index contributed by atoms with van der Waals surface area (Å²) in [5, 5.41) is 2.65. The van der Waals surface area contributed by atoms with Crippen molar-refractivity contribution in [3.8, 4) is 11.5 Å². The molecule has 0 bridgehead atoms. The molecule has 8 nitrogen and oxygen atoms in total. The molecule has 32 heavy (non-hydrogen) atoms. The van der Waals surface area contributed by atoms with Crippen LogP contribution in [-0.2, 0) is 14.8 Å². The molecule has 11 heteroatoms. The first-order chi connectivity index (χ1) is 14.9. The highest BCUT2D eigenvalue weighted by Crippen LogP contribution is 2.32. The molecule has 0 saturated heterocycles. The van der Waals surface area contributed by atoms with Crippen molar-refractivity contribution < 1.29 is 22.7 Å². The van der Waals surface area contributed by atoms with Crippen molar-refractivity contribution in [1.82, 2.24) is 4.98 Å². The fourth-order valence-corrected chi connectivity index (χ4v) is 4.54. The van der Waals surface area contributed by atoms with Gasteiger partial charge in [0, 0.05) is 16.7 Å². The number of halogens is 2. The Morgan fingerprint density at radius 3 is 2.34 bits per heavy atom. The predicted octanol–water partition coefficient (Wildman–Crippen LogP) is 4.12. The molecule has 0 fully saturated rings. The number of hydrogen-bond donors (Lipinski definition) is 1. The van der Waals surface area contributed by atoms with E-state index in [1.54, 1.807) is 42.5 Å². The lowest BCUT2D eigenvalue weighted by Crippen LogP contribution is -2.38. The van der Waals surface area contributed by atoms with Crippen LogP contribution in [0.1, 0.15) is 0 Å². The van der Waals surface area contributed by atoms with Gasteiger partial charge in [-0.15, -0.1) is 12.4 Å². The SMILES string of the molecule is COc1ccncc1NC(=O)CN(c1ccccc1OC)S(=O)(=O)c1ccc(Br)cc1.Cl. The summed E-state index contributed by atoms with van der Waals surface area (Å²) in [5.74, 6) is 0.149. The first kappa shape index (κ1) is 25.4. The van der Waals surface area contributed by atoms with Crippen LogP contribution in [0.25, 0.3) is 0 Å². The van der Waals surface area contributed by atoms with Crippen molar-refractivity contribution in [1.29, 1.82) is 0 Å². The number of rotatable bonds is 8. The van der Waals surface area contributed by atoms with E-state index < -0.39 is 22.5 Å². The number of carbonyl (C=O) groups excluding carboxylic acids is 1. The Morgan fingerprint density at radius 2 is 1.69 bits per heavy atom. The summed E-state index contributed by atoms with van der Waals surface area (Å²) in [7, 11) is -1.18. The molecule has 0 atom stereocenters. The number of hydrogen-bond acceptors (Lipinski definition) is 6. The first-order valence-corrected chi connectivity index (χ1v) is 11.3. The molecular formula is C21H21BrClN3O5S. The number of sulfonamides is 1. The number of aromatic nitrogens is 1. The van der Waals surface area contributed by atoms with Gasteiger partial charge in [0.05, 0.1) is 31.0 Å². The third-order valence-corrected chi connectivity index (χ3v) is 6.62. The van der Waals surface area contributed by atoms with Gasteiger partial charge < -0.3 is 14.8 Å². The molecule has 1 N–H and O–H groups in total. The van der Waals surface area contributed by atoms with Crippen LogP contribution in [0.3, 0.4) is 0 Å². The van der Waals surface area contributed by atoms with Crippen LogP contribution in [0, 0.1) is 0 Å². The van der Waals surface area contributed by atoms with E-state index in [9.17, 15) is 13.2 Å². The van der Waals surface area contributed by atoms with E-state index in [1.165, 1.54) is 38.7 Å². The van der Waals surface area contributed by atoms with Crippen LogP contribution in [0.2, 0.25) is 0 Å². The summed E-state index contributed by atoms with van der Waals surface area (Å²) in [4.78, 5) is 16.8. The number of ether oxygens (including phenoxy) is 2. The first-order valence-electron chi connectivity index (χ1n) is 9.06. The van der Waals surface area contributed by atoms with Crippen molar-refractivity contribution in [2.24, 2.45) is 0 Å². The average Bonchev–Trinajstić information content (AvgIpc) is 2.78. The summed E-state index contributed by atoms with van der Waals surface area (Å²) in [6.45, 7) is -0.489. The van der Waals surface area contributed by atoms with E-state index in [0.29, 0.717) is 17.2 Å². The largest absolute Gasteiger partial charge is 0.495 e. The third-order valence-electron chi connectivity index (χ3n) is 4.32. The fraction of sp³-hybridized carbons (Fsp3) is 0.143. The molecule has 0 aliphatic rings. The number of pyridine rings is 1. The second kappa shape index (κ2) is 11.2. The van der Waals surface area contributed by atoms with Gasteiger partial charge in [-0.3, -0.25) is 14.1 Å². The second-order valence-corrected chi connectivity index (χ2v) is 9.04. The van der Waals surface area contributed by atoms with Gasteiger partial charge in [-0.1, -0.05) is 28.1 Å². The van der Waals surface area contributed by atoms with Crippen LogP contribution in [0.15, 0.2) is 76.4 Å². The normalized spacial score (nSPS) is 10.6. The summed E-state index contributed by atoms with van der Waals surface area (Å²) in [6, 6.07) is 14.3. The van der Waals surface area contributed by atoms with E-state index in [2.05, 4.69) is 26.2 Å². The summed E-state index contributed by atoms with van der Waals surface area (Å²) in [5.41, 5.74) is 0.567. The molecule has 170 valence electrons. The molecule has 3 rings (SSSR count). The van der Waals surface area contributed by atoms with Crippen LogP contribution >= 0.6 is 28.3 Å². The Bertz CT molecular complexity index is 1180. The van der Waals surface area contributed by atoms with E-state index in [1.807, 2.05) is 0 Å². The van der Waals surface area contributed by atoms with Gasteiger partial charge in [0.1, 0.15) is 23.7 Å². The van der Waals surface area contributed by atoms with E-state index in [4.69, 9.17) is 9.47 Å². The summed E-state index contributed by atoms with van der Waals surface area (Å²) >= 11 is 3.30. The van der Waals surface area contributed by atoms with Crippen molar-refractivity contribution >= 4 is 55.6 Å². The predicted molar refractivity (Wildman–Crippen MR) is 128 cm³/mol. The molecule has 0 radical (unpaired) electrons. The van der Waals surface area contributed by atoms with Crippen molar-refractivity contribution in [2.75, 3.05) is 30.4 Å². The maximum Gasteiger partial charge on any atom is 0.264 e. The second-order valence-electron chi connectivity index (χ2n) is 6.26. The van der Waals surface area contributed by atoms with Crippen molar-refractivity contribution in [3.05, 3.63) is 71.5 Å². The minimum Gasteiger partial charge on any atom is -0.495 e. The highest BCUT2D eigenvalue weighted by atomic mass is 79.9. The van der Waals surface area contributed by atoms with Crippen LogP contribution in [0.4, 0.5) is 11.4 Å². The van der Waals surface area contributed by atoms with E-state index in [0.717, 1.165) is 8.78 Å². The molecule has 0 aliphatic carbocycles. The molecule has 0 unspecified atom stereocenters. The van der Waals surface area contributed by atoms with Gasteiger partial charge >= 0.3 is 0 Å². The Kier molecular flexibility index (Phi) is 8.88. The molecule has 1 amide bonds. The van der Waals surface area contributed by atoms with Crippen LogP contribution in [-0.4, -0.2) is 40.1 Å². The molecule has 0 spiro atoms. The van der Waals surface area contributed by atoms with E-state index >= 15 is 0 Å². The lowest BCUT2D eigenvalue weighted by atomic mass is 10.3. The molecule has 2 aromatic carbocycles. The highest BCUT2D eigenvalue weighted by Gasteiger charge is 2.29. The molecule has 1 aromatic heterocycles. The Balaban J connectivity index is 0.00000363. The van der Waals surface area contributed by atoms with Gasteiger partial charge in [0.15, 0.2) is 0 Å². The number of amides is 1. The van der Waals surface area contributed by atoms with Crippen LogP contribution < -0.4 is 19.1 Å². The number of para-hydroxylation sites is 2. The van der Waals surface area contributed by atoms with Crippen molar-refractivity contribution in [2.45, 2.75) is 4.90 Å². The molecular weight excluding hydrogens is 522 g/mol. The maximum atomic E-state index is 13.5. The number of methoxy groups -OCH3 is 2. The Hall–Kier alpha value is -2.82. The highest BCUT2D eigenvalue weighted by molar-refractivity contribution is 9.10. The minimum absolute atomic E-state index is 0. The van der Waals surface area contributed by atoms with Gasteiger partial charge in [-0.2, -0.15) is 0 Å². The smallest absolute Gasteiger partial charge is 0.264 e. The van der Waals surface area contributed by atoms with Crippen molar-refractivity contribution in [3.63, 3.8) is 0 Å². The van der Waals surface area contributed by atoms with Gasteiger partial charge in [0.2, 0.25) is 5.91 Å². The zero-order valence-electron chi connectivity index (χ0n) is 17.2. The Labute approximate surface area is 201 Å². The summed E-state index contributed by atoms with van der Waals surface area (Å²) < 4.78 is 39.2. The number of nitrogens with one attached hydrogen (secondary N) is 1.